The third-order valence-electron chi connectivity index (χ3n) is 4.48. The normalized spacial score (nSPS) is 20.4. The molecule has 1 heterocycles. The Morgan fingerprint density at radius 1 is 1.19 bits per heavy atom. The number of hydrogen-bond donors (Lipinski definition) is 1. The number of amides is 1. The Kier molecular flexibility index (Phi) is 4.12. The van der Waals surface area contributed by atoms with Gasteiger partial charge in [0, 0.05) is 50.6 Å². The molecule has 1 aliphatic heterocycles. The second kappa shape index (κ2) is 6.03. The molecule has 1 saturated carbocycles. The number of likely N-dealkylation sites (N-methyl/N-ethyl adjacent to an activating group) is 1. The summed E-state index contributed by atoms with van der Waals surface area (Å²) in [6, 6.07) is 8.26. The number of hydrogen-bond acceptors (Lipinski definition) is 4. The summed E-state index contributed by atoms with van der Waals surface area (Å²) in [5.74, 6) is 0.139. The number of nitrogen functional groups attached to an aromatic ring is 1. The van der Waals surface area contributed by atoms with Crippen molar-refractivity contribution in [3.05, 3.63) is 24.3 Å². The molecule has 1 saturated heterocycles. The van der Waals surface area contributed by atoms with Crippen LogP contribution in [0.15, 0.2) is 24.3 Å². The summed E-state index contributed by atoms with van der Waals surface area (Å²) in [6.45, 7) is 4.70. The number of carbonyl (C=O) groups excluding carboxylic acids is 1. The Bertz CT molecular complexity index is 490. The van der Waals surface area contributed by atoms with Crippen molar-refractivity contribution in [1.29, 1.82) is 0 Å². The van der Waals surface area contributed by atoms with E-state index in [-0.39, 0.29) is 5.91 Å². The number of nitrogens with zero attached hydrogens (tertiary/aromatic N) is 3. The van der Waals surface area contributed by atoms with Crippen molar-refractivity contribution in [1.82, 2.24) is 9.80 Å². The zero-order chi connectivity index (χ0) is 14.8. The molecule has 0 unspecified atom stereocenters. The third kappa shape index (κ3) is 3.54. The summed E-state index contributed by atoms with van der Waals surface area (Å²) in [7, 11) is 1.83. The lowest BCUT2D eigenvalue weighted by Gasteiger charge is -2.35. The van der Waals surface area contributed by atoms with Crippen LogP contribution >= 0.6 is 0 Å². The fourth-order valence-corrected chi connectivity index (χ4v) is 2.87. The maximum Gasteiger partial charge on any atom is 0.240 e. The molecule has 2 fully saturated rings. The zero-order valence-electron chi connectivity index (χ0n) is 12.7. The molecule has 1 aliphatic carbocycles. The second-order valence-electron chi connectivity index (χ2n) is 6.09. The van der Waals surface area contributed by atoms with Crippen LogP contribution in [-0.2, 0) is 4.79 Å². The number of benzene rings is 1. The summed E-state index contributed by atoms with van der Waals surface area (Å²) < 4.78 is 0. The van der Waals surface area contributed by atoms with Crippen molar-refractivity contribution in [2.45, 2.75) is 18.9 Å². The van der Waals surface area contributed by atoms with Crippen LogP contribution in [0.3, 0.4) is 0 Å². The number of carbonyl (C=O) groups is 1. The van der Waals surface area contributed by atoms with Gasteiger partial charge in [-0.15, -0.1) is 0 Å². The number of nitrogens with two attached hydrogens (primary N) is 1. The first-order valence-corrected chi connectivity index (χ1v) is 7.72. The van der Waals surface area contributed by atoms with Gasteiger partial charge < -0.3 is 10.6 Å². The molecule has 3 rings (SSSR count). The van der Waals surface area contributed by atoms with E-state index in [0.29, 0.717) is 6.54 Å². The maximum absolute atomic E-state index is 12.4. The molecule has 2 aliphatic rings. The van der Waals surface area contributed by atoms with Crippen molar-refractivity contribution < 1.29 is 4.79 Å². The van der Waals surface area contributed by atoms with Crippen LogP contribution in [0, 0.1) is 0 Å². The first-order valence-electron chi connectivity index (χ1n) is 7.72. The lowest BCUT2D eigenvalue weighted by molar-refractivity contribution is -0.119. The third-order valence-corrected chi connectivity index (χ3v) is 4.48. The van der Waals surface area contributed by atoms with Crippen LogP contribution in [-0.4, -0.2) is 61.5 Å². The molecule has 21 heavy (non-hydrogen) atoms. The van der Waals surface area contributed by atoms with Crippen LogP contribution in [0.5, 0.6) is 0 Å². The van der Waals surface area contributed by atoms with Gasteiger partial charge >= 0.3 is 0 Å². The molecule has 0 aromatic heterocycles. The van der Waals surface area contributed by atoms with Gasteiger partial charge in [-0.2, -0.15) is 0 Å². The highest BCUT2D eigenvalue weighted by Gasteiger charge is 2.31. The molecule has 5 nitrogen and oxygen atoms in total. The zero-order valence-corrected chi connectivity index (χ0v) is 12.7. The number of anilines is 2. The van der Waals surface area contributed by atoms with Crippen molar-refractivity contribution >= 4 is 17.3 Å². The fourth-order valence-electron chi connectivity index (χ4n) is 2.87. The molecular weight excluding hydrogens is 264 g/mol. The van der Waals surface area contributed by atoms with Crippen molar-refractivity contribution in [3.8, 4) is 0 Å². The summed E-state index contributed by atoms with van der Waals surface area (Å²) in [6.07, 6.45) is 2.72. The molecule has 5 heteroatoms. The molecule has 1 aromatic carbocycles. The highest BCUT2D eigenvalue weighted by atomic mass is 16.2. The summed E-state index contributed by atoms with van der Waals surface area (Å²) in [5.41, 5.74) is 7.29. The van der Waals surface area contributed by atoms with E-state index in [9.17, 15) is 4.79 Å². The number of rotatable bonds is 4. The molecule has 0 spiro atoms. The molecule has 1 aromatic rings. The highest BCUT2D eigenvalue weighted by molar-refractivity contribution is 5.94. The maximum atomic E-state index is 12.4. The van der Waals surface area contributed by atoms with Crippen LogP contribution < -0.4 is 10.6 Å². The monoisotopic (exact) mass is 288 g/mol. The van der Waals surface area contributed by atoms with Crippen molar-refractivity contribution in [3.63, 3.8) is 0 Å². The van der Waals surface area contributed by atoms with E-state index in [1.807, 2.05) is 31.3 Å². The number of piperazine rings is 1. The van der Waals surface area contributed by atoms with Gasteiger partial charge in [0.05, 0.1) is 6.54 Å². The van der Waals surface area contributed by atoms with Gasteiger partial charge in [0.1, 0.15) is 0 Å². The summed E-state index contributed by atoms with van der Waals surface area (Å²) in [4.78, 5) is 18.9. The van der Waals surface area contributed by atoms with Gasteiger partial charge in [-0.25, -0.2) is 0 Å². The Hall–Kier alpha value is -1.59. The van der Waals surface area contributed by atoms with Crippen molar-refractivity contribution in [2.24, 2.45) is 0 Å². The molecule has 2 N–H and O–H groups in total. The van der Waals surface area contributed by atoms with Gasteiger partial charge in [-0.05, 0) is 37.1 Å². The summed E-state index contributed by atoms with van der Waals surface area (Å²) in [5, 5.41) is 0. The Labute approximate surface area is 126 Å². The van der Waals surface area contributed by atoms with Gasteiger partial charge in [0.15, 0.2) is 0 Å². The predicted molar refractivity (Wildman–Crippen MR) is 85.3 cm³/mol. The quantitative estimate of drug-likeness (QED) is 0.840. The molecule has 0 atom stereocenters. The molecule has 114 valence electrons. The molecule has 1 amide bonds. The van der Waals surface area contributed by atoms with E-state index in [1.165, 1.54) is 12.8 Å². The Balaban J connectivity index is 1.50. The second-order valence-corrected chi connectivity index (χ2v) is 6.09. The lowest BCUT2D eigenvalue weighted by atomic mass is 10.2. The predicted octanol–water partition coefficient (Wildman–Crippen LogP) is 1.01. The van der Waals surface area contributed by atoms with Crippen molar-refractivity contribution in [2.75, 3.05) is 50.4 Å². The minimum Gasteiger partial charge on any atom is -0.399 e. The average Bonchev–Trinajstić information content (AvgIpc) is 3.33. The van der Waals surface area contributed by atoms with E-state index >= 15 is 0 Å². The van der Waals surface area contributed by atoms with Crippen LogP contribution in [0.1, 0.15) is 12.8 Å². The van der Waals surface area contributed by atoms with Crippen LogP contribution in [0.2, 0.25) is 0 Å². The summed E-state index contributed by atoms with van der Waals surface area (Å²) >= 11 is 0. The fraction of sp³-hybridized carbons (Fsp3) is 0.562. The average molecular weight is 288 g/mol. The Morgan fingerprint density at radius 2 is 1.81 bits per heavy atom. The van der Waals surface area contributed by atoms with Crippen LogP contribution in [0.25, 0.3) is 0 Å². The van der Waals surface area contributed by atoms with E-state index in [1.54, 1.807) is 4.90 Å². The van der Waals surface area contributed by atoms with Gasteiger partial charge in [0.2, 0.25) is 5.91 Å². The molecule has 0 bridgehead atoms. The molecular formula is C16H24N4O. The first kappa shape index (κ1) is 14.4. The molecule has 0 radical (unpaired) electrons. The Morgan fingerprint density at radius 3 is 2.38 bits per heavy atom. The van der Waals surface area contributed by atoms with Gasteiger partial charge in [-0.1, -0.05) is 0 Å². The van der Waals surface area contributed by atoms with Crippen LogP contribution in [0.4, 0.5) is 11.4 Å². The van der Waals surface area contributed by atoms with Gasteiger partial charge in [-0.3, -0.25) is 14.6 Å². The first-order chi connectivity index (χ1) is 10.1. The largest absolute Gasteiger partial charge is 0.399 e. The van der Waals surface area contributed by atoms with E-state index in [0.717, 1.165) is 43.6 Å². The minimum absolute atomic E-state index is 0.139. The highest BCUT2D eigenvalue weighted by Crippen LogP contribution is 2.27. The van der Waals surface area contributed by atoms with E-state index in [4.69, 9.17) is 5.73 Å². The minimum atomic E-state index is 0.139. The van der Waals surface area contributed by atoms with Gasteiger partial charge in [0.25, 0.3) is 0 Å². The van der Waals surface area contributed by atoms with E-state index in [2.05, 4.69) is 9.80 Å². The SMILES string of the molecule is CN(C(=O)CN1CCN(C2CC2)CC1)c1ccc(N)cc1. The standard InChI is InChI=1S/C16H24N4O/c1-18(14-4-2-13(17)3-5-14)16(21)12-19-8-10-20(11-9-19)15-6-7-15/h2-5,15H,6-12,17H2,1H3. The lowest BCUT2D eigenvalue weighted by Crippen LogP contribution is -2.50. The topological polar surface area (TPSA) is 52.8 Å². The van der Waals surface area contributed by atoms with E-state index < -0.39 is 0 Å². The smallest absolute Gasteiger partial charge is 0.240 e.